The number of alkyl carbamates (subject to hydrolysis) is 1. The predicted molar refractivity (Wildman–Crippen MR) is 172 cm³/mol. The number of hydrogen-bond acceptors (Lipinski definition) is 4. The van der Waals surface area contributed by atoms with Gasteiger partial charge in [-0.3, -0.25) is 4.79 Å². The van der Waals surface area contributed by atoms with Gasteiger partial charge in [0.15, 0.2) is 0 Å². The van der Waals surface area contributed by atoms with Crippen molar-refractivity contribution >= 4 is 38.8 Å². The van der Waals surface area contributed by atoms with Gasteiger partial charge in [-0.15, -0.1) is 0 Å². The van der Waals surface area contributed by atoms with Crippen LogP contribution >= 0.6 is 15.9 Å². The second-order valence-electron chi connectivity index (χ2n) is 12.3. The molecule has 1 N–H and O–H groups in total. The van der Waals surface area contributed by atoms with Gasteiger partial charge in [0.25, 0.3) is 0 Å². The number of nitrogens with one attached hydrogen (secondary N) is 1. The molecule has 42 heavy (non-hydrogen) atoms. The van der Waals surface area contributed by atoms with Gasteiger partial charge in [0.1, 0.15) is 5.60 Å². The summed E-state index contributed by atoms with van der Waals surface area (Å²) in [4.78, 5) is 28.6. The lowest BCUT2D eigenvalue weighted by molar-refractivity contribution is -0.132. The first kappa shape index (κ1) is 32.1. The Morgan fingerprint density at radius 1 is 1.12 bits per heavy atom. The first-order valence-corrected chi connectivity index (χ1v) is 16.0. The standard InChI is InChI=1S/C34H46BrN3O4/c1-6-28-29-12-7-8-13-30(29)38(19-10-20-41-5)32(28)25-11-9-18-37(23-25)31(39)22-27(36-33(40)42-34(2,3)4)21-24-14-16-26(35)17-15-24/h7-8,12-17,25,27H,6,9-11,18-23H2,1-5H3,(H,36,40). The number of halogens is 1. The molecule has 228 valence electrons. The van der Waals surface area contributed by atoms with Crippen molar-refractivity contribution in [3.8, 4) is 0 Å². The summed E-state index contributed by atoms with van der Waals surface area (Å²) >= 11 is 3.49. The summed E-state index contributed by atoms with van der Waals surface area (Å²) in [6, 6.07) is 16.3. The van der Waals surface area contributed by atoms with E-state index in [9.17, 15) is 9.59 Å². The normalized spacial score (nSPS) is 16.4. The molecule has 1 fully saturated rings. The fourth-order valence-electron chi connectivity index (χ4n) is 6.16. The SMILES string of the molecule is CCc1c(C2CCCN(C(=O)CC(Cc3ccc(Br)cc3)NC(=O)OC(C)(C)C)C2)n(CCCOC)c2ccccc12. The molecule has 2 unspecified atom stereocenters. The van der Waals surface area contributed by atoms with Crippen LogP contribution in [-0.4, -0.2) is 59.9 Å². The van der Waals surface area contributed by atoms with Crippen molar-refractivity contribution in [3.63, 3.8) is 0 Å². The third-order valence-corrected chi connectivity index (χ3v) is 8.43. The lowest BCUT2D eigenvalue weighted by Crippen LogP contribution is -2.46. The Morgan fingerprint density at radius 2 is 1.86 bits per heavy atom. The quantitative estimate of drug-likeness (QED) is 0.225. The van der Waals surface area contributed by atoms with E-state index in [-0.39, 0.29) is 24.3 Å². The number of amides is 2. The second-order valence-corrected chi connectivity index (χ2v) is 13.2. The molecular weight excluding hydrogens is 594 g/mol. The van der Waals surface area contributed by atoms with Crippen LogP contribution in [0.4, 0.5) is 4.79 Å². The number of rotatable bonds is 11. The van der Waals surface area contributed by atoms with Crippen LogP contribution < -0.4 is 5.32 Å². The third kappa shape index (κ3) is 8.38. The molecule has 1 aromatic heterocycles. The highest BCUT2D eigenvalue weighted by Gasteiger charge is 2.31. The van der Waals surface area contributed by atoms with Crippen molar-refractivity contribution < 1.29 is 19.1 Å². The summed E-state index contributed by atoms with van der Waals surface area (Å²) < 4.78 is 14.4. The van der Waals surface area contributed by atoms with E-state index in [0.29, 0.717) is 19.6 Å². The van der Waals surface area contributed by atoms with E-state index in [1.54, 1.807) is 7.11 Å². The lowest BCUT2D eigenvalue weighted by atomic mass is 9.90. The van der Waals surface area contributed by atoms with Crippen LogP contribution in [0.1, 0.15) is 76.1 Å². The van der Waals surface area contributed by atoms with Crippen LogP contribution in [0.2, 0.25) is 0 Å². The molecule has 1 saturated heterocycles. The number of carbonyl (C=O) groups excluding carboxylic acids is 2. The van der Waals surface area contributed by atoms with Crippen LogP contribution in [0.15, 0.2) is 53.0 Å². The number of carbonyl (C=O) groups is 2. The number of fused-ring (bicyclic) bond motifs is 1. The first-order valence-electron chi connectivity index (χ1n) is 15.2. The van der Waals surface area contributed by atoms with Crippen molar-refractivity contribution in [3.05, 3.63) is 69.8 Å². The zero-order chi connectivity index (χ0) is 30.3. The van der Waals surface area contributed by atoms with Gasteiger partial charge in [0, 0.05) is 72.8 Å². The molecule has 3 aromatic rings. The largest absolute Gasteiger partial charge is 0.444 e. The Balaban J connectivity index is 1.54. The molecule has 0 aliphatic carbocycles. The van der Waals surface area contributed by atoms with E-state index in [2.05, 4.69) is 57.0 Å². The monoisotopic (exact) mass is 639 g/mol. The topological polar surface area (TPSA) is 72.8 Å². The van der Waals surface area contributed by atoms with E-state index in [0.717, 1.165) is 48.8 Å². The van der Waals surface area contributed by atoms with Crippen molar-refractivity contribution in [2.45, 2.75) is 90.3 Å². The predicted octanol–water partition coefficient (Wildman–Crippen LogP) is 7.23. The molecule has 8 heteroatoms. The number of piperidine rings is 1. The van der Waals surface area contributed by atoms with Gasteiger partial charge in [-0.2, -0.15) is 0 Å². The number of nitrogens with zero attached hydrogens (tertiary/aromatic N) is 2. The number of ether oxygens (including phenoxy) is 2. The van der Waals surface area contributed by atoms with Gasteiger partial charge in [-0.25, -0.2) is 4.79 Å². The molecule has 0 bridgehead atoms. The van der Waals surface area contributed by atoms with Gasteiger partial charge < -0.3 is 24.3 Å². The molecule has 2 aromatic carbocycles. The summed E-state index contributed by atoms with van der Waals surface area (Å²) in [6.45, 7) is 10.8. The number of para-hydroxylation sites is 1. The van der Waals surface area contributed by atoms with Gasteiger partial charge in [-0.05, 0) is 82.2 Å². The maximum absolute atomic E-state index is 13.8. The van der Waals surface area contributed by atoms with Crippen molar-refractivity contribution in [1.29, 1.82) is 0 Å². The third-order valence-electron chi connectivity index (χ3n) is 7.90. The second kappa shape index (κ2) is 14.6. The Bertz CT molecular complexity index is 1350. The van der Waals surface area contributed by atoms with Gasteiger partial charge >= 0.3 is 6.09 Å². The van der Waals surface area contributed by atoms with Crippen LogP contribution in [0.3, 0.4) is 0 Å². The highest BCUT2D eigenvalue weighted by Crippen LogP contribution is 2.36. The van der Waals surface area contributed by atoms with E-state index in [1.807, 2.05) is 49.9 Å². The molecule has 0 spiro atoms. The molecular formula is C34H46BrN3O4. The van der Waals surface area contributed by atoms with Gasteiger partial charge in [0.2, 0.25) is 5.91 Å². The zero-order valence-electron chi connectivity index (χ0n) is 25.7. The molecule has 0 radical (unpaired) electrons. The number of likely N-dealkylation sites (tertiary alicyclic amines) is 1. The molecule has 1 aliphatic rings. The molecule has 1 aliphatic heterocycles. The number of aryl methyl sites for hydroxylation is 2. The molecule has 2 heterocycles. The Morgan fingerprint density at radius 3 is 2.55 bits per heavy atom. The van der Waals surface area contributed by atoms with Crippen LogP contribution in [-0.2, 0) is 33.7 Å². The molecule has 4 rings (SSSR count). The maximum Gasteiger partial charge on any atom is 0.407 e. The highest BCUT2D eigenvalue weighted by atomic mass is 79.9. The fraction of sp³-hybridized carbons (Fsp3) is 0.529. The number of benzene rings is 2. The minimum Gasteiger partial charge on any atom is -0.444 e. The van der Waals surface area contributed by atoms with Crippen molar-refractivity contribution in [2.75, 3.05) is 26.8 Å². The van der Waals surface area contributed by atoms with Gasteiger partial charge in [-0.1, -0.05) is 53.2 Å². The van der Waals surface area contributed by atoms with Crippen molar-refractivity contribution in [2.24, 2.45) is 0 Å². The number of aromatic nitrogens is 1. The highest BCUT2D eigenvalue weighted by molar-refractivity contribution is 9.10. The molecule has 0 saturated carbocycles. The number of methoxy groups -OCH3 is 1. The smallest absolute Gasteiger partial charge is 0.407 e. The first-order chi connectivity index (χ1) is 20.1. The molecule has 2 atom stereocenters. The zero-order valence-corrected chi connectivity index (χ0v) is 27.3. The summed E-state index contributed by atoms with van der Waals surface area (Å²) in [5.41, 5.74) is 4.46. The van der Waals surface area contributed by atoms with Crippen LogP contribution in [0, 0.1) is 0 Å². The molecule has 7 nitrogen and oxygen atoms in total. The minimum absolute atomic E-state index is 0.0676. The average Bonchev–Trinajstić information content (AvgIpc) is 3.27. The van der Waals surface area contributed by atoms with Crippen LogP contribution in [0.25, 0.3) is 10.9 Å². The van der Waals surface area contributed by atoms with Crippen molar-refractivity contribution in [1.82, 2.24) is 14.8 Å². The lowest BCUT2D eigenvalue weighted by Gasteiger charge is -2.35. The summed E-state index contributed by atoms with van der Waals surface area (Å²) in [6.07, 6.45) is 4.16. The summed E-state index contributed by atoms with van der Waals surface area (Å²) in [5.74, 6) is 0.328. The Kier molecular flexibility index (Phi) is 11.1. The van der Waals surface area contributed by atoms with Gasteiger partial charge in [0.05, 0.1) is 0 Å². The fourth-order valence-corrected chi connectivity index (χ4v) is 6.43. The minimum atomic E-state index is -0.616. The molecule has 2 amide bonds. The van der Waals surface area contributed by atoms with E-state index < -0.39 is 11.7 Å². The average molecular weight is 641 g/mol. The Labute approximate surface area is 259 Å². The maximum atomic E-state index is 13.8. The number of hydrogen-bond donors (Lipinski definition) is 1. The van der Waals surface area contributed by atoms with E-state index >= 15 is 0 Å². The summed E-state index contributed by atoms with van der Waals surface area (Å²) in [5, 5.41) is 4.30. The Hall–Kier alpha value is -2.84. The van der Waals surface area contributed by atoms with Crippen LogP contribution in [0.5, 0.6) is 0 Å². The van der Waals surface area contributed by atoms with E-state index in [1.165, 1.54) is 22.2 Å². The summed E-state index contributed by atoms with van der Waals surface area (Å²) in [7, 11) is 1.75. The van der Waals surface area contributed by atoms with E-state index in [4.69, 9.17) is 9.47 Å².